The molecule has 0 saturated heterocycles. The van der Waals surface area contributed by atoms with Crippen molar-refractivity contribution >= 4 is 35.2 Å². The molecule has 9 heteroatoms. The molecule has 0 aliphatic carbocycles. The van der Waals surface area contributed by atoms with Crippen molar-refractivity contribution < 1.29 is 24.2 Å². The number of ether oxygens (including phenoxy) is 1. The van der Waals surface area contributed by atoms with Crippen LogP contribution in [0.15, 0.2) is 42.5 Å². The van der Waals surface area contributed by atoms with Gasteiger partial charge in [-0.1, -0.05) is 56.1 Å². The summed E-state index contributed by atoms with van der Waals surface area (Å²) >= 11 is 6.29. The highest BCUT2D eigenvalue weighted by Crippen LogP contribution is 2.30. The Morgan fingerprint density at radius 3 is 2.31 bits per heavy atom. The minimum Gasteiger partial charge on any atom is -0.508 e. The molecule has 0 heterocycles. The molecule has 192 valence electrons. The summed E-state index contributed by atoms with van der Waals surface area (Å²) in [5, 5.41) is 15.7. The maximum absolute atomic E-state index is 13.7. The quantitative estimate of drug-likeness (QED) is 0.356. The van der Waals surface area contributed by atoms with Gasteiger partial charge in [-0.2, -0.15) is 0 Å². The van der Waals surface area contributed by atoms with Crippen molar-refractivity contribution in [3.05, 3.63) is 58.6 Å². The number of halogens is 1. The number of aryl methyl sites for hydroxylation is 1. The fraction of sp³-hybridized carbons (Fsp3) is 0.370. The number of hydrogen-bond acceptors (Lipinski definition) is 5. The highest BCUT2D eigenvalue weighted by Gasteiger charge is 2.37. The van der Waals surface area contributed by atoms with Crippen LogP contribution in [0.5, 0.6) is 5.75 Å². The first-order chi connectivity index (χ1) is 16.7. The Labute approximate surface area is 217 Å². The average Bonchev–Trinajstić information content (AvgIpc) is 2.76. The molecule has 2 atom stereocenters. The van der Waals surface area contributed by atoms with E-state index in [9.17, 15) is 19.5 Å². The van der Waals surface area contributed by atoms with E-state index in [0.717, 1.165) is 4.90 Å². The number of terminal acetylenes is 1. The number of nitrogens with one attached hydrogen (secondary N) is 2. The standard InChI is InChI=1S/C27H32ClN3O5/c1-8-31(25(34)21(16(2)3)30-26(35)36-27(5,6)7)23(18-12-10-13-19(32)15-18)24(33)29-22-17(4)11-9-14-20(22)28/h1,9-16,21,23,32H,2-7H3,(H,29,33)(H,30,35). The Balaban J connectivity index is 2.50. The number of para-hydroxylation sites is 1. The van der Waals surface area contributed by atoms with E-state index in [0.29, 0.717) is 16.3 Å². The molecule has 0 saturated carbocycles. The number of carbonyl (C=O) groups excluding carboxylic acids is 3. The van der Waals surface area contributed by atoms with Gasteiger partial charge < -0.3 is 20.5 Å². The minimum atomic E-state index is -1.34. The second-order valence-electron chi connectivity index (χ2n) is 9.62. The third-order valence-electron chi connectivity index (χ3n) is 5.14. The second kappa shape index (κ2) is 11.8. The molecule has 2 rings (SSSR count). The first kappa shape index (κ1) is 28.5. The van der Waals surface area contributed by atoms with Crippen LogP contribution in [-0.4, -0.2) is 39.6 Å². The molecule has 0 spiro atoms. The normalized spacial score (nSPS) is 12.8. The summed E-state index contributed by atoms with van der Waals surface area (Å²) in [6, 6.07) is 10.9. The molecule has 8 nitrogen and oxygen atoms in total. The summed E-state index contributed by atoms with van der Waals surface area (Å²) in [6.07, 6.45) is 4.96. The maximum atomic E-state index is 13.7. The highest BCUT2D eigenvalue weighted by molar-refractivity contribution is 6.34. The van der Waals surface area contributed by atoms with Gasteiger partial charge in [-0.25, -0.2) is 4.79 Å². The summed E-state index contributed by atoms with van der Waals surface area (Å²) in [7, 11) is 0. The van der Waals surface area contributed by atoms with Gasteiger partial charge in [0.2, 0.25) is 0 Å². The number of phenols is 1. The number of rotatable bonds is 7. The highest BCUT2D eigenvalue weighted by atomic mass is 35.5. The number of anilines is 1. The Bertz CT molecular complexity index is 1150. The van der Waals surface area contributed by atoms with Gasteiger partial charge in [0.05, 0.1) is 10.7 Å². The summed E-state index contributed by atoms with van der Waals surface area (Å²) in [6.45, 7) is 10.3. The van der Waals surface area contributed by atoms with E-state index in [-0.39, 0.29) is 17.2 Å². The van der Waals surface area contributed by atoms with Crippen LogP contribution >= 0.6 is 11.6 Å². The zero-order valence-corrected chi connectivity index (χ0v) is 22.0. The van der Waals surface area contributed by atoms with Gasteiger partial charge in [0.15, 0.2) is 0 Å². The van der Waals surface area contributed by atoms with Gasteiger partial charge in [0, 0.05) is 6.04 Å². The topological polar surface area (TPSA) is 108 Å². The van der Waals surface area contributed by atoms with Gasteiger partial charge >= 0.3 is 6.09 Å². The Hall–Kier alpha value is -3.70. The molecule has 2 unspecified atom stereocenters. The molecule has 3 amide bonds. The van der Waals surface area contributed by atoms with Crippen molar-refractivity contribution in [3.8, 4) is 18.2 Å². The number of amides is 3. The lowest BCUT2D eigenvalue weighted by atomic mass is 9.99. The molecule has 0 aliphatic rings. The fourth-order valence-corrected chi connectivity index (χ4v) is 3.73. The maximum Gasteiger partial charge on any atom is 0.408 e. The molecule has 0 fully saturated rings. The van der Waals surface area contributed by atoms with E-state index < -0.39 is 35.6 Å². The van der Waals surface area contributed by atoms with Crippen molar-refractivity contribution in [3.63, 3.8) is 0 Å². The zero-order chi connectivity index (χ0) is 27.2. The van der Waals surface area contributed by atoms with Crippen LogP contribution < -0.4 is 10.6 Å². The smallest absolute Gasteiger partial charge is 0.408 e. The molecule has 2 aromatic carbocycles. The lowest BCUT2D eigenvalue weighted by molar-refractivity contribution is -0.137. The van der Waals surface area contributed by atoms with Crippen LogP contribution in [0.4, 0.5) is 10.5 Å². The first-order valence-corrected chi connectivity index (χ1v) is 11.8. The Morgan fingerprint density at radius 2 is 1.78 bits per heavy atom. The summed E-state index contributed by atoms with van der Waals surface area (Å²) < 4.78 is 5.30. The summed E-state index contributed by atoms with van der Waals surface area (Å²) in [5.41, 5.74) is 0.558. The van der Waals surface area contributed by atoms with Gasteiger partial charge in [-0.05, 0) is 62.9 Å². The van der Waals surface area contributed by atoms with E-state index in [1.165, 1.54) is 18.2 Å². The number of nitrogens with zero attached hydrogens (tertiary/aromatic N) is 1. The summed E-state index contributed by atoms with van der Waals surface area (Å²) in [5.74, 6) is -1.85. The number of benzene rings is 2. The van der Waals surface area contributed by atoms with Gasteiger partial charge in [-0.3, -0.25) is 14.5 Å². The van der Waals surface area contributed by atoms with Gasteiger partial charge in [0.1, 0.15) is 23.4 Å². The molecule has 2 aromatic rings. The van der Waals surface area contributed by atoms with Crippen molar-refractivity contribution in [1.29, 1.82) is 0 Å². The lowest BCUT2D eigenvalue weighted by Gasteiger charge is -2.32. The fourth-order valence-electron chi connectivity index (χ4n) is 3.46. The lowest BCUT2D eigenvalue weighted by Crippen LogP contribution is -2.53. The molecular weight excluding hydrogens is 482 g/mol. The second-order valence-corrected chi connectivity index (χ2v) is 10.0. The van der Waals surface area contributed by atoms with Gasteiger partial charge in [0.25, 0.3) is 11.8 Å². The monoisotopic (exact) mass is 513 g/mol. The van der Waals surface area contributed by atoms with Crippen molar-refractivity contribution in [1.82, 2.24) is 10.2 Å². The van der Waals surface area contributed by atoms with Crippen LogP contribution in [0, 0.1) is 25.3 Å². The third kappa shape index (κ3) is 7.40. The Morgan fingerprint density at radius 1 is 1.14 bits per heavy atom. The number of aromatic hydroxyl groups is 1. The number of carbonyl (C=O) groups is 3. The first-order valence-electron chi connectivity index (χ1n) is 11.4. The third-order valence-corrected chi connectivity index (χ3v) is 5.46. The molecule has 0 aromatic heterocycles. The predicted octanol–water partition coefficient (Wildman–Crippen LogP) is 5.00. The molecule has 0 bridgehead atoms. The van der Waals surface area contributed by atoms with Crippen LogP contribution in [0.2, 0.25) is 5.02 Å². The van der Waals surface area contributed by atoms with Crippen molar-refractivity contribution in [2.45, 2.75) is 59.2 Å². The van der Waals surface area contributed by atoms with E-state index in [1.807, 2.05) is 0 Å². The minimum absolute atomic E-state index is 0.115. The molecule has 0 radical (unpaired) electrons. The number of hydrogen-bond donors (Lipinski definition) is 3. The molecular formula is C27H32ClN3O5. The van der Waals surface area contributed by atoms with E-state index in [2.05, 4.69) is 16.7 Å². The van der Waals surface area contributed by atoms with Gasteiger partial charge in [-0.15, -0.1) is 0 Å². The van der Waals surface area contributed by atoms with Crippen LogP contribution in [0.25, 0.3) is 0 Å². The summed E-state index contributed by atoms with van der Waals surface area (Å²) in [4.78, 5) is 40.6. The molecule has 3 N–H and O–H groups in total. The average molecular weight is 514 g/mol. The van der Waals surface area contributed by atoms with E-state index >= 15 is 0 Å². The van der Waals surface area contributed by atoms with Crippen LogP contribution in [-0.2, 0) is 14.3 Å². The van der Waals surface area contributed by atoms with Crippen LogP contribution in [0.1, 0.15) is 51.8 Å². The Kier molecular flexibility index (Phi) is 9.37. The van der Waals surface area contributed by atoms with Crippen molar-refractivity contribution in [2.75, 3.05) is 5.32 Å². The molecule has 36 heavy (non-hydrogen) atoms. The number of alkyl carbamates (subject to hydrolysis) is 1. The van der Waals surface area contributed by atoms with E-state index in [1.54, 1.807) is 65.8 Å². The largest absolute Gasteiger partial charge is 0.508 e. The number of phenolic OH excluding ortho intramolecular Hbond substituents is 1. The predicted molar refractivity (Wildman–Crippen MR) is 139 cm³/mol. The SMILES string of the molecule is C#CN(C(=O)C(NC(=O)OC(C)(C)C)C(C)C)C(C(=O)Nc1c(C)cccc1Cl)c1cccc(O)c1. The van der Waals surface area contributed by atoms with Crippen molar-refractivity contribution in [2.24, 2.45) is 5.92 Å². The molecule has 0 aliphatic heterocycles. The van der Waals surface area contributed by atoms with Crippen LogP contribution in [0.3, 0.4) is 0 Å². The zero-order valence-electron chi connectivity index (χ0n) is 21.3. The van der Waals surface area contributed by atoms with E-state index in [4.69, 9.17) is 22.8 Å².